The molecule has 18 atom stereocenters. The van der Waals surface area contributed by atoms with Crippen molar-refractivity contribution in [1.82, 2.24) is 39.9 Å². The SMILES string of the molecule is C[C@H](CCCO)C1CC[C@H]2[C@@H]3CC[C@@H]4C[C@H](OC(=O)Cn5cc(-c6ccc7c8ccc(-c9cn(CC(=O)O[C@@H]%10CCC%11(C)C%12CCC%13(C)C([C@H](C)CCCO)CC[C@H]%13[C@@H]%12CC[C@H]%11C%10)nn9)cc8n(CCNC(=O)OC(C)(C)C)c7c6)nn5)CCC4(C)C3CCC12C. The first kappa shape index (κ1) is 64.4. The smallest absolute Gasteiger partial charge is 0.407 e. The van der Waals surface area contributed by atoms with Crippen LogP contribution < -0.4 is 5.32 Å². The van der Waals surface area contributed by atoms with Gasteiger partial charge in [0, 0.05) is 59.2 Å². The number of esters is 2. The summed E-state index contributed by atoms with van der Waals surface area (Å²) in [5.41, 5.74) is 5.60. The number of carbonyl (C=O) groups is 3. The van der Waals surface area contributed by atoms with E-state index in [1.165, 1.54) is 77.0 Å². The lowest BCUT2D eigenvalue weighted by Gasteiger charge is -2.61. The van der Waals surface area contributed by atoms with Crippen molar-refractivity contribution in [2.45, 2.75) is 241 Å². The third kappa shape index (κ3) is 12.2. The molecule has 0 saturated heterocycles. The third-order valence-electron chi connectivity index (χ3n) is 27.1. The van der Waals surface area contributed by atoms with Crippen LogP contribution in [-0.2, 0) is 43.4 Å². The second-order valence-corrected chi connectivity index (χ2v) is 32.9. The number of rotatable bonds is 19. The molecule has 8 fully saturated rings. The first-order valence-electron chi connectivity index (χ1n) is 36.0. The maximum absolute atomic E-state index is 13.7. The van der Waals surface area contributed by atoms with Gasteiger partial charge in [-0.3, -0.25) is 9.59 Å². The zero-order chi connectivity index (χ0) is 63.8. The second-order valence-electron chi connectivity index (χ2n) is 32.9. The van der Waals surface area contributed by atoms with E-state index in [0.717, 1.165) is 144 Å². The Kier molecular flexibility index (Phi) is 18.0. The lowest BCUT2D eigenvalue weighted by Crippen LogP contribution is -2.54. The maximum Gasteiger partial charge on any atom is 0.407 e. The van der Waals surface area contributed by atoms with Crippen molar-refractivity contribution in [3.8, 4) is 22.5 Å². The first-order chi connectivity index (χ1) is 43.6. The average molecular weight is 1250 g/mol. The van der Waals surface area contributed by atoms with E-state index in [0.29, 0.717) is 72.2 Å². The molecule has 5 aromatic rings. The largest absolute Gasteiger partial charge is 0.461 e. The minimum Gasteiger partial charge on any atom is -0.461 e. The minimum atomic E-state index is -0.642. The van der Waals surface area contributed by atoms with Gasteiger partial charge in [0.15, 0.2) is 0 Å². The number of fused-ring (bicyclic) bond motifs is 13. The van der Waals surface area contributed by atoms with Crippen LogP contribution in [0.2, 0.25) is 0 Å². The number of alkyl carbamates (subject to hydrolysis) is 1. The second kappa shape index (κ2) is 25.4. The van der Waals surface area contributed by atoms with Gasteiger partial charge in [0.2, 0.25) is 0 Å². The van der Waals surface area contributed by atoms with Gasteiger partial charge in [-0.25, -0.2) is 14.2 Å². The number of benzene rings is 2. The first-order valence-corrected chi connectivity index (χ1v) is 36.0. The summed E-state index contributed by atoms with van der Waals surface area (Å²) < 4.78 is 23.6. The van der Waals surface area contributed by atoms with Crippen molar-refractivity contribution < 1.29 is 38.8 Å². The molecule has 1 amide bonds. The number of aliphatic hydroxyl groups is 2. The molecule has 8 aliphatic carbocycles. The third-order valence-corrected chi connectivity index (χ3v) is 27.1. The van der Waals surface area contributed by atoms with Crippen LogP contribution in [-0.4, -0.2) is 100 Å². The van der Waals surface area contributed by atoms with Gasteiger partial charge in [-0.05, 0) is 267 Å². The maximum atomic E-state index is 13.7. The van der Waals surface area contributed by atoms with Crippen molar-refractivity contribution in [3.63, 3.8) is 0 Å². The molecule has 8 aliphatic rings. The molecule has 3 aromatic heterocycles. The Morgan fingerprint density at radius 3 is 1.47 bits per heavy atom. The van der Waals surface area contributed by atoms with Crippen LogP contribution in [0.1, 0.15) is 204 Å². The van der Waals surface area contributed by atoms with E-state index in [1.807, 2.05) is 45.3 Å². The van der Waals surface area contributed by atoms with Crippen LogP contribution in [0.15, 0.2) is 48.8 Å². The summed E-state index contributed by atoms with van der Waals surface area (Å²) in [5, 5.41) is 42.2. The molecule has 0 bridgehead atoms. The van der Waals surface area contributed by atoms with E-state index in [1.54, 1.807) is 9.36 Å². The number of aliphatic hydroxyl groups excluding tert-OH is 2. The molecule has 0 aliphatic heterocycles. The normalized spacial score (nSPS) is 35.1. The van der Waals surface area contributed by atoms with E-state index < -0.39 is 11.7 Å². The summed E-state index contributed by atoms with van der Waals surface area (Å²) in [4.78, 5) is 40.4. The monoisotopic (exact) mass is 1250 g/mol. The lowest BCUT2D eigenvalue weighted by atomic mass is 9.44. The van der Waals surface area contributed by atoms with Gasteiger partial charge in [-0.2, -0.15) is 0 Å². The lowest BCUT2D eigenvalue weighted by molar-refractivity contribution is -0.164. The van der Waals surface area contributed by atoms with Crippen LogP contribution in [0, 0.1) is 92.7 Å². The highest BCUT2D eigenvalue weighted by molar-refractivity contribution is 6.10. The summed E-state index contributed by atoms with van der Waals surface area (Å²) >= 11 is 0. The molecule has 3 N–H and O–H groups in total. The number of amides is 1. The summed E-state index contributed by atoms with van der Waals surface area (Å²) in [7, 11) is 0. The van der Waals surface area contributed by atoms with Gasteiger partial charge in [0.25, 0.3) is 0 Å². The predicted octanol–water partition coefficient (Wildman–Crippen LogP) is 14.8. The van der Waals surface area contributed by atoms with Gasteiger partial charge in [-0.15, -0.1) is 10.2 Å². The summed E-state index contributed by atoms with van der Waals surface area (Å²) in [6.07, 6.45) is 28.7. The Morgan fingerprint density at radius 1 is 0.593 bits per heavy atom. The molecule has 8 unspecified atom stereocenters. The summed E-state index contributed by atoms with van der Waals surface area (Å²) in [6.45, 7) is 22.2. The van der Waals surface area contributed by atoms with Gasteiger partial charge in [0.05, 0.1) is 12.4 Å². The molecular weight excluding hydrogens is 1140 g/mol. The van der Waals surface area contributed by atoms with Gasteiger partial charge >= 0.3 is 18.0 Å². The molecule has 3 heterocycles. The van der Waals surface area contributed by atoms with Crippen LogP contribution in [0.4, 0.5) is 4.79 Å². The van der Waals surface area contributed by atoms with Gasteiger partial charge in [-0.1, -0.05) is 76.2 Å². The molecule has 16 nitrogen and oxygen atoms in total. The van der Waals surface area contributed by atoms with Crippen LogP contribution in [0.3, 0.4) is 0 Å². The fourth-order valence-electron chi connectivity index (χ4n) is 22.8. The highest BCUT2D eigenvalue weighted by atomic mass is 16.6. The quantitative estimate of drug-likeness (QED) is 0.0523. The van der Waals surface area contributed by atoms with Gasteiger partial charge in [0.1, 0.15) is 42.3 Å². The molecule has 0 radical (unpaired) electrons. The van der Waals surface area contributed by atoms with E-state index in [9.17, 15) is 24.6 Å². The van der Waals surface area contributed by atoms with Crippen molar-refractivity contribution in [3.05, 3.63) is 48.8 Å². The number of aromatic nitrogens is 7. The topological polar surface area (TPSA) is 198 Å². The molecule has 0 spiro atoms. The zero-order valence-corrected chi connectivity index (χ0v) is 56.5. The number of hydrogen-bond acceptors (Lipinski definition) is 12. The number of nitrogens with one attached hydrogen (secondary N) is 1. The summed E-state index contributed by atoms with van der Waals surface area (Å²) in [6, 6.07) is 12.5. The highest BCUT2D eigenvalue weighted by Crippen LogP contribution is 2.70. The summed E-state index contributed by atoms with van der Waals surface area (Å²) in [5.74, 6) is 8.14. The Labute approximate surface area is 540 Å². The van der Waals surface area contributed by atoms with Crippen molar-refractivity contribution >= 4 is 39.8 Å². The molecule has 91 heavy (non-hydrogen) atoms. The number of nitrogens with zero attached hydrogens (tertiary/aromatic N) is 7. The standard InChI is InChI=1S/C75H108N8O8/c1-46(12-10-36-84)58-22-24-60-56-20-16-50-40-52(26-30-72(50,6)62(56)28-32-74(58,60)8)89-68(86)44-81-42-64(77-79-81)48-14-18-54-55-19-15-49(39-67(55)83(66(54)38-48)35-34-76-70(88)91-71(3,4)5)65-43-82(80-78-65)45-69(87)90-53-27-31-73(7)51(41-53)17-21-57-61-25-23-59(47(2)13-11-37-85)75(61,9)33-29-63(57)73/h14-15,18-19,38-39,42-43,46-47,50-53,56-63,84-85H,10-13,16-17,20-37,40-41,44-45H2,1-9H3,(H,76,88)/t46-,47-,50-,51+,52-,53-,56+,57+,58?,59?,60+,61+,62?,63?,72?,73?,74?,75?/m1/s1. The molecule has 496 valence electrons. The van der Waals surface area contributed by atoms with Crippen LogP contribution in [0.5, 0.6) is 0 Å². The Morgan fingerprint density at radius 2 is 1.03 bits per heavy atom. The molecule has 8 saturated carbocycles. The Balaban J connectivity index is 0.644. The number of carbonyl (C=O) groups excluding carboxylic acids is 3. The fraction of sp³-hybridized carbons (Fsp3) is 0.747. The van der Waals surface area contributed by atoms with E-state index >= 15 is 0 Å². The Bertz CT molecular complexity index is 3230. The van der Waals surface area contributed by atoms with Crippen LogP contribution >= 0.6 is 0 Å². The Hall–Kier alpha value is -5.35. The molecule has 13 rings (SSSR count). The average Bonchev–Trinajstić information content (AvgIpc) is 1.72. The minimum absolute atomic E-state index is 0.0160. The van der Waals surface area contributed by atoms with E-state index in [2.05, 4.69) is 96.3 Å². The number of ether oxygens (including phenoxy) is 3. The molecule has 2 aromatic carbocycles. The van der Waals surface area contributed by atoms with E-state index in [-0.39, 0.29) is 48.1 Å². The van der Waals surface area contributed by atoms with Crippen molar-refractivity contribution in [2.75, 3.05) is 19.8 Å². The highest BCUT2D eigenvalue weighted by Gasteiger charge is 2.63. The van der Waals surface area contributed by atoms with Crippen molar-refractivity contribution in [2.24, 2.45) is 92.7 Å². The van der Waals surface area contributed by atoms with Crippen molar-refractivity contribution in [1.29, 1.82) is 0 Å². The van der Waals surface area contributed by atoms with E-state index in [4.69, 9.17) is 14.2 Å². The molecule has 16 heteroatoms. The predicted molar refractivity (Wildman–Crippen MR) is 353 cm³/mol. The number of hydrogen-bond donors (Lipinski definition) is 3. The molecular formula is C75H108N8O8. The van der Waals surface area contributed by atoms with Gasteiger partial charge < -0.3 is 34.3 Å². The fourth-order valence-corrected chi connectivity index (χ4v) is 22.8. The zero-order valence-electron chi connectivity index (χ0n) is 56.5. The van der Waals surface area contributed by atoms with Crippen LogP contribution in [0.25, 0.3) is 44.3 Å².